The Kier molecular flexibility index (Phi) is 18.8. The quantitative estimate of drug-likeness (QED) is 0.126. The number of piperazine rings is 2. The molecule has 310 valence electrons. The molecule has 21 heteroatoms. The average Bonchev–Trinajstić information content (AvgIpc) is 3.11. The Balaban J connectivity index is 0.000000446. The Morgan fingerprint density at radius 3 is 1.61 bits per heavy atom. The third-order valence-electron chi connectivity index (χ3n) is 7.50. The lowest BCUT2D eigenvalue weighted by atomic mass is 10.1. The molecule has 5 N–H and O–H groups in total. The Bertz CT molecular complexity index is 1910. The molecule has 2 aromatic carbocycles. The first kappa shape index (κ1) is 48.2. The van der Waals surface area contributed by atoms with Crippen LogP contribution in [0.5, 0.6) is 23.0 Å². The number of ether oxygens (including phenoxy) is 2. The van der Waals surface area contributed by atoms with E-state index < -0.39 is 24.2 Å². The number of nitrogens with one attached hydrogen (secondary N) is 3. The summed E-state index contributed by atoms with van der Waals surface area (Å²) in [7, 11) is 0. The number of hydrogen-bond donors (Lipinski definition) is 5. The van der Waals surface area contributed by atoms with Crippen molar-refractivity contribution in [3.63, 3.8) is 0 Å². The predicted molar refractivity (Wildman–Crippen MR) is 197 cm³/mol. The molecule has 0 saturated carbocycles. The van der Waals surface area contributed by atoms with Crippen molar-refractivity contribution in [2.24, 2.45) is 0 Å². The van der Waals surface area contributed by atoms with Crippen molar-refractivity contribution in [3.05, 3.63) is 93.0 Å². The van der Waals surface area contributed by atoms with E-state index in [4.69, 9.17) is 5.11 Å². The average molecular weight is 805 g/mol. The second-order valence-corrected chi connectivity index (χ2v) is 11.3. The van der Waals surface area contributed by atoms with Crippen molar-refractivity contribution < 1.29 is 50.8 Å². The SMILES string of the molecule is C.C.C.O=Cc1cc(OC(F)(F)F)ccc1O.O=c1cc(N2CCN(Cc3cc(OC(F)(F)F)ccc3O)CC2)nc[nH]1.O=c1cc(N2CCNCC2)nc[nH]1. The molecule has 15 nitrogen and oxygen atoms in total. The Labute approximate surface area is 318 Å². The molecular formula is C35H46F6N8O7. The molecule has 56 heavy (non-hydrogen) atoms. The van der Waals surface area contributed by atoms with Crippen LogP contribution in [0.2, 0.25) is 0 Å². The third-order valence-corrected chi connectivity index (χ3v) is 7.50. The number of phenolic OH excluding ortho intramolecular Hbond substituents is 2. The summed E-state index contributed by atoms with van der Waals surface area (Å²) in [5, 5.41) is 22.1. The van der Waals surface area contributed by atoms with E-state index in [0.29, 0.717) is 37.6 Å². The topological polar surface area (TPSA) is 189 Å². The summed E-state index contributed by atoms with van der Waals surface area (Å²) in [6, 6.07) is 9.06. The van der Waals surface area contributed by atoms with Crippen molar-refractivity contribution in [2.45, 2.75) is 41.5 Å². The summed E-state index contributed by atoms with van der Waals surface area (Å²) < 4.78 is 79.5. The van der Waals surface area contributed by atoms with Gasteiger partial charge in [-0.25, -0.2) is 9.97 Å². The van der Waals surface area contributed by atoms with Gasteiger partial charge in [0, 0.05) is 76.6 Å². The van der Waals surface area contributed by atoms with Crippen molar-refractivity contribution in [2.75, 3.05) is 62.2 Å². The lowest BCUT2D eigenvalue weighted by molar-refractivity contribution is -0.275. The van der Waals surface area contributed by atoms with E-state index in [2.05, 4.69) is 39.6 Å². The molecular weight excluding hydrogens is 758 g/mol. The van der Waals surface area contributed by atoms with E-state index in [1.165, 1.54) is 36.9 Å². The zero-order valence-corrected chi connectivity index (χ0v) is 27.7. The number of nitrogens with zero attached hydrogens (tertiary/aromatic N) is 5. The van der Waals surface area contributed by atoms with Gasteiger partial charge >= 0.3 is 12.7 Å². The zero-order valence-electron chi connectivity index (χ0n) is 27.7. The van der Waals surface area contributed by atoms with E-state index in [1.807, 2.05) is 9.80 Å². The van der Waals surface area contributed by atoms with Crippen LogP contribution >= 0.6 is 0 Å². The fourth-order valence-corrected chi connectivity index (χ4v) is 5.04. The van der Waals surface area contributed by atoms with Gasteiger partial charge in [0.05, 0.1) is 18.2 Å². The van der Waals surface area contributed by atoms with Crippen LogP contribution in [0.1, 0.15) is 38.2 Å². The standard InChI is InChI=1S/C16H17F3N4O3.C8H5F3O3.C8H12N4O.3CH4/c17-16(18,19)26-12-1-2-13(24)11(7-12)9-22-3-5-23(6-4-22)14-8-15(25)21-10-20-14;9-8(10,11)14-6-1-2-7(13)5(3-6)4-12;13-8-5-7(10-6-11-8)12-3-1-9-2-4-12;;;/h1-2,7-8,10,24H,3-6,9H2,(H,20,21,25);1-4,13H;5-6,9H,1-4H2,(H,10,11,13);3*1H4. The highest BCUT2D eigenvalue weighted by molar-refractivity contribution is 5.79. The molecule has 0 radical (unpaired) electrons. The number of aldehydes is 1. The van der Waals surface area contributed by atoms with Gasteiger partial charge in [0.1, 0.15) is 34.6 Å². The minimum Gasteiger partial charge on any atom is -0.508 e. The molecule has 4 heterocycles. The highest BCUT2D eigenvalue weighted by Crippen LogP contribution is 2.29. The van der Waals surface area contributed by atoms with Crippen molar-refractivity contribution >= 4 is 17.9 Å². The molecule has 2 aliphatic heterocycles. The number of carbonyl (C=O) groups excluding carboxylic acids is 1. The summed E-state index contributed by atoms with van der Waals surface area (Å²) in [5.74, 6) is -0.0381. The number of hydrogen-bond acceptors (Lipinski definition) is 13. The number of aromatic amines is 2. The van der Waals surface area contributed by atoms with Crippen LogP contribution in [0.25, 0.3) is 0 Å². The van der Waals surface area contributed by atoms with E-state index in [1.54, 1.807) is 0 Å². The van der Waals surface area contributed by atoms with Crippen molar-refractivity contribution in [1.82, 2.24) is 30.2 Å². The molecule has 0 bridgehead atoms. The molecule has 0 unspecified atom stereocenters. The van der Waals surface area contributed by atoms with Crippen LogP contribution in [-0.4, -0.2) is 106 Å². The van der Waals surface area contributed by atoms with Gasteiger partial charge < -0.3 is 44.8 Å². The largest absolute Gasteiger partial charge is 0.573 e. The van der Waals surface area contributed by atoms with Gasteiger partial charge in [-0.2, -0.15) is 0 Å². The summed E-state index contributed by atoms with van der Waals surface area (Å²) in [6.45, 7) is 6.45. The number of aromatic hydroxyl groups is 2. The normalized spacial score (nSPS) is 14.2. The third kappa shape index (κ3) is 15.9. The van der Waals surface area contributed by atoms with Crippen LogP contribution in [-0.2, 0) is 6.54 Å². The van der Waals surface area contributed by atoms with E-state index >= 15 is 0 Å². The Morgan fingerprint density at radius 2 is 1.14 bits per heavy atom. The first-order chi connectivity index (χ1) is 25.1. The van der Waals surface area contributed by atoms with Crippen LogP contribution in [0, 0.1) is 0 Å². The number of aromatic nitrogens is 4. The number of H-pyrrole nitrogens is 2. The maximum atomic E-state index is 12.3. The smallest absolute Gasteiger partial charge is 0.508 e. The van der Waals surface area contributed by atoms with Crippen molar-refractivity contribution in [1.29, 1.82) is 0 Å². The van der Waals surface area contributed by atoms with Crippen LogP contribution < -0.4 is 35.7 Å². The molecule has 0 amide bonds. The molecule has 2 aromatic heterocycles. The number of halogens is 6. The molecule has 0 spiro atoms. The molecule has 0 atom stereocenters. The summed E-state index contributed by atoms with van der Waals surface area (Å²) >= 11 is 0. The second-order valence-electron chi connectivity index (χ2n) is 11.3. The fraction of sp³-hybridized carbons (Fsp3) is 0.400. The minimum atomic E-state index is -4.81. The van der Waals surface area contributed by atoms with Gasteiger partial charge in [-0.15, -0.1) is 26.3 Å². The first-order valence-corrected chi connectivity index (χ1v) is 15.7. The number of anilines is 2. The molecule has 4 aromatic rings. The lowest BCUT2D eigenvalue weighted by Crippen LogP contribution is -2.46. The molecule has 2 saturated heterocycles. The first-order valence-electron chi connectivity index (χ1n) is 15.7. The second kappa shape index (κ2) is 21.9. The number of benzene rings is 2. The van der Waals surface area contributed by atoms with Crippen LogP contribution in [0.15, 0.2) is 70.8 Å². The molecule has 6 rings (SSSR count). The van der Waals surface area contributed by atoms with E-state index in [-0.39, 0.29) is 63.3 Å². The summed E-state index contributed by atoms with van der Waals surface area (Å²) in [5.41, 5.74) is -0.228. The van der Waals surface area contributed by atoms with Gasteiger partial charge in [-0.05, 0) is 36.4 Å². The Hall–Kier alpha value is -5.83. The number of carbonyl (C=O) groups is 1. The summed E-state index contributed by atoms with van der Waals surface area (Å²) in [4.78, 5) is 51.8. The monoisotopic (exact) mass is 804 g/mol. The summed E-state index contributed by atoms with van der Waals surface area (Å²) in [6.07, 6.45) is -6.57. The number of rotatable bonds is 7. The lowest BCUT2D eigenvalue weighted by Gasteiger charge is -2.35. The fourth-order valence-electron chi connectivity index (χ4n) is 5.04. The van der Waals surface area contributed by atoms with Gasteiger partial charge in [-0.3, -0.25) is 19.3 Å². The van der Waals surface area contributed by atoms with Gasteiger partial charge in [0.25, 0.3) is 11.1 Å². The van der Waals surface area contributed by atoms with Crippen LogP contribution in [0.4, 0.5) is 38.0 Å². The molecule has 2 fully saturated rings. The maximum absolute atomic E-state index is 12.3. The van der Waals surface area contributed by atoms with Gasteiger partial charge in [-0.1, -0.05) is 22.3 Å². The zero-order chi connectivity index (χ0) is 38.6. The van der Waals surface area contributed by atoms with E-state index in [0.717, 1.165) is 56.3 Å². The van der Waals surface area contributed by atoms with E-state index in [9.17, 15) is 45.8 Å². The van der Waals surface area contributed by atoms with Crippen molar-refractivity contribution in [3.8, 4) is 23.0 Å². The Morgan fingerprint density at radius 1 is 0.679 bits per heavy atom. The predicted octanol–water partition coefficient (Wildman–Crippen LogP) is 4.89. The number of phenols is 2. The molecule has 0 aliphatic carbocycles. The molecule has 2 aliphatic rings. The van der Waals surface area contributed by atoms with Gasteiger partial charge in [0.15, 0.2) is 6.29 Å². The maximum Gasteiger partial charge on any atom is 0.573 e. The van der Waals surface area contributed by atoms with Crippen LogP contribution in [0.3, 0.4) is 0 Å². The highest BCUT2D eigenvalue weighted by Gasteiger charge is 2.32. The minimum absolute atomic E-state index is 0. The van der Waals surface area contributed by atoms with Gasteiger partial charge in [0.2, 0.25) is 0 Å². The number of alkyl halides is 6. The highest BCUT2D eigenvalue weighted by atomic mass is 19.4.